The Kier molecular flexibility index (Phi) is 3.17. The Balaban J connectivity index is 2.47. The zero-order valence-corrected chi connectivity index (χ0v) is 11.0. The SMILES string of the molecule is CC(C)S(=O)(=O)N1CCSc2ccccc21. The van der Waals surface area contributed by atoms with Gasteiger partial charge in [0, 0.05) is 17.2 Å². The van der Waals surface area contributed by atoms with Crippen LogP contribution >= 0.6 is 11.8 Å². The van der Waals surface area contributed by atoms with Gasteiger partial charge in [-0.2, -0.15) is 0 Å². The first-order valence-corrected chi connectivity index (χ1v) is 7.76. The fourth-order valence-electron chi connectivity index (χ4n) is 1.66. The molecular formula is C11H15NO2S2. The summed E-state index contributed by atoms with van der Waals surface area (Å²) in [5, 5.41) is -0.372. The molecule has 0 amide bonds. The molecule has 0 atom stereocenters. The molecule has 1 aliphatic rings. The van der Waals surface area contributed by atoms with Gasteiger partial charge in [0.15, 0.2) is 0 Å². The van der Waals surface area contributed by atoms with Gasteiger partial charge in [0.1, 0.15) is 0 Å². The Morgan fingerprint density at radius 1 is 1.31 bits per heavy atom. The summed E-state index contributed by atoms with van der Waals surface area (Å²) >= 11 is 1.71. The number of thioether (sulfide) groups is 1. The standard InChI is InChI=1S/C11H15NO2S2/c1-9(2)16(13,14)12-7-8-15-11-6-4-3-5-10(11)12/h3-6,9H,7-8H2,1-2H3. The van der Waals surface area contributed by atoms with E-state index in [9.17, 15) is 8.42 Å². The summed E-state index contributed by atoms with van der Waals surface area (Å²) in [7, 11) is -3.19. The highest BCUT2D eigenvalue weighted by molar-refractivity contribution is 8.00. The number of fused-ring (bicyclic) bond motifs is 1. The average Bonchev–Trinajstić information content (AvgIpc) is 2.28. The van der Waals surface area contributed by atoms with Crippen LogP contribution in [-0.2, 0) is 10.0 Å². The quantitative estimate of drug-likeness (QED) is 0.816. The van der Waals surface area contributed by atoms with E-state index in [2.05, 4.69) is 0 Å². The minimum Gasteiger partial charge on any atom is -0.268 e. The molecule has 88 valence electrons. The minimum atomic E-state index is -3.19. The third-order valence-electron chi connectivity index (χ3n) is 2.59. The number of rotatable bonds is 2. The Morgan fingerprint density at radius 2 is 2.00 bits per heavy atom. The molecule has 0 fully saturated rings. The van der Waals surface area contributed by atoms with E-state index in [0.29, 0.717) is 6.54 Å². The molecule has 0 bridgehead atoms. The van der Waals surface area contributed by atoms with Gasteiger partial charge in [0.2, 0.25) is 10.0 Å². The second-order valence-electron chi connectivity index (χ2n) is 3.98. The summed E-state index contributed by atoms with van der Waals surface area (Å²) < 4.78 is 25.9. The van der Waals surface area contributed by atoms with Crippen molar-refractivity contribution in [3.8, 4) is 0 Å². The molecule has 0 saturated carbocycles. The summed E-state index contributed by atoms with van der Waals surface area (Å²) in [6.45, 7) is 4.02. The van der Waals surface area contributed by atoms with E-state index in [4.69, 9.17) is 0 Å². The van der Waals surface area contributed by atoms with Crippen LogP contribution in [0, 0.1) is 0 Å². The van der Waals surface area contributed by atoms with Crippen LogP contribution in [0.15, 0.2) is 29.2 Å². The fraction of sp³-hybridized carbons (Fsp3) is 0.455. The first kappa shape index (κ1) is 11.8. The van der Waals surface area contributed by atoms with E-state index in [1.165, 1.54) is 0 Å². The van der Waals surface area contributed by atoms with Gasteiger partial charge in [0.25, 0.3) is 0 Å². The highest BCUT2D eigenvalue weighted by Crippen LogP contribution is 2.36. The summed E-state index contributed by atoms with van der Waals surface area (Å²) in [5.74, 6) is 0.822. The van der Waals surface area contributed by atoms with Crippen LogP contribution in [-0.4, -0.2) is 26.0 Å². The smallest absolute Gasteiger partial charge is 0.237 e. The molecule has 0 aliphatic carbocycles. The summed E-state index contributed by atoms with van der Waals surface area (Å²) in [6.07, 6.45) is 0. The van der Waals surface area contributed by atoms with E-state index >= 15 is 0 Å². The van der Waals surface area contributed by atoms with Gasteiger partial charge in [-0.1, -0.05) is 12.1 Å². The third-order valence-corrected chi connectivity index (χ3v) is 5.82. The van der Waals surface area contributed by atoms with Gasteiger partial charge in [-0.05, 0) is 26.0 Å². The average molecular weight is 257 g/mol. The number of anilines is 1. The summed E-state index contributed by atoms with van der Waals surface area (Å²) in [4.78, 5) is 1.05. The zero-order chi connectivity index (χ0) is 11.8. The van der Waals surface area contributed by atoms with E-state index in [0.717, 1.165) is 16.3 Å². The van der Waals surface area contributed by atoms with Crippen molar-refractivity contribution in [3.05, 3.63) is 24.3 Å². The van der Waals surface area contributed by atoms with Crippen LogP contribution in [0.5, 0.6) is 0 Å². The number of hydrogen-bond donors (Lipinski definition) is 0. The van der Waals surface area contributed by atoms with Crippen molar-refractivity contribution >= 4 is 27.5 Å². The monoisotopic (exact) mass is 257 g/mol. The Morgan fingerprint density at radius 3 is 2.69 bits per heavy atom. The van der Waals surface area contributed by atoms with Gasteiger partial charge in [-0.25, -0.2) is 8.42 Å². The lowest BCUT2D eigenvalue weighted by atomic mass is 10.3. The van der Waals surface area contributed by atoms with Crippen LogP contribution in [0.4, 0.5) is 5.69 Å². The van der Waals surface area contributed by atoms with E-state index in [1.54, 1.807) is 29.9 Å². The molecule has 3 nitrogen and oxygen atoms in total. The predicted molar refractivity (Wildman–Crippen MR) is 68.6 cm³/mol. The molecule has 0 aromatic heterocycles. The van der Waals surface area contributed by atoms with Crippen LogP contribution in [0.2, 0.25) is 0 Å². The van der Waals surface area contributed by atoms with Crippen molar-refractivity contribution < 1.29 is 8.42 Å². The second-order valence-corrected chi connectivity index (χ2v) is 7.53. The molecule has 0 unspecified atom stereocenters. The molecule has 1 aliphatic heterocycles. The fourth-order valence-corrected chi connectivity index (χ4v) is 4.12. The highest BCUT2D eigenvalue weighted by atomic mass is 32.2. The Hall–Kier alpha value is -0.680. The van der Waals surface area contributed by atoms with E-state index < -0.39 is 10.0 Å². The maximum atomic E-state index is 12.2. The van der Waals surface area contributed by atoms with Gasteiger partial charge in [-0.15, -0.1) is 11.8 Å². The number of sulfonamides is 1. The molecule has 2 rings (SSSR count). The predicted octanol–water partition coefficient (Wildman–Crippen LogP) is 2.34. The minimum absolute atomic E-state index is 0.372. The van der Waals surface area contributed by atoms with Crippen LogP contribution in [0.25, 0.3) is 0 Å². The lowest BCUT2D eigenvalue weighted by Crippen LogP contribution is -2.39. The summed E-state index contributed by atoms with van der Waals surface area (Å²) in [6, 6.07) is 7.67. The third kappa shape index (κ3) is 1.94. The van der Waals surface area contributed by atoms with Crippen molar-refractivity contribution in [3.63, 3.8) is 0 Å². The number of para-hydroxylation sites is 1. The molecule has 5 heteroatoms. The normalized spacial score (nSPS) is 16.3. The highest BCUT2D eigenvalue weighted by Gasteiger charge is 2.29. The maximum Gasteiger partial charge on any atom is 0.237 e. The lowest BCUT2D eigenvalue weighted by molar-refractivity contribution is 0.582. The molecular weight excluding hydrogens is 242 g/mol. The summed E-state index contributed by atoms with van der Waals surface area (Å²) in [5.41, 5.74) is 0.826. The van der Waals surface area contributed by atoms with E-state index in [-0.39, 0.29) is 5.25 Å². The van der Waals surface area contributed by atoms with Crippen LogP contribution in [0.1, 0.15) is 13.8 Å². The maximum absolute atomic E-state index is 12.2. The molecule has 1 aromatic rings. The Bertz CT molecular complexity index is 483. The van der Waals surface area contributed by atoms with Crippen molar-refractivity contribution in [1.82, 2.24) is 0 Å². The van der Waals surface area contributed by atoms with Gasteiger partial charge < -0.3 is 0 Å². The van der Waals surface area contributed by atoms with Crippen LogP contribution < -0.4 is 4.31 Å². The topological polar surface area (TPSA) is 37.4 Å². The first-order chi connectivity index (χ1) is 7.53. The molecule has 0 saturated heterocycles. The van der Waals surface area contributed by atoms with Crippen LogP contribution in [0.3, 0.4) is 0 Å². The molecule has 0 spiro atoms. The zero-order valence-electron chi connectivity index (χ0n) is 9.38. The number of benzene rings is 1. The van der Waals surface area contributed by atoms with Crippen molar-refractivity contribution in [2.24, 2.45) is 0 Å². The molecule has 0 N–H and O–H groups in total. The lowest BCUT2D eigenvalue weighted by Gasteiger charge is -2.31. The van der Waals surface area contributed by atoms with Crippen molar-refractivity contribution in [2.45, 2.75) is 24.0 Å². The molecule has 1 heterocycles. The first-order valence-electron chi connectivity index (χ1n) is 5.27. The van der Waals surface area contributed by atoms with Gasteiger partial charge in [-0.3, -0.25) is 4.31 Å². The second kappa shape index (κ2) is 4.30. The van der Waals surface area contributed by atoms with Crippen molar-refractivity contribution in [2.75, 3.05) is 16.6 Å². The number of nitrogens with zero attached hydrogens (tertiary/aromatic N) is 1. The largest absolute Gasteiger partial charge is 0.268 e. The van der Waals surface area contributed by atoms with E-state index in [1.807, 2.05) is 24.3 Å². The Labute approximate surface area is 101 Å². The molecule has 1 aromatic carbocycles. The number of hydrogen-bond acceptors (Lipinski definition) is 3. The van der Waals surface area contributed by atoms with Gasteiger partial charge in [0.05, 0.1) is 10.9 Å². The van der Waals surface area contributed by atoms with Crippen molar-refractivity contribution in [1.29, 1.82) is 0 Å². The molecule has 16 heavy (non-hydrogen) atoms. The van der Waals surface area contributed by atoms with Gasteiger partial charge >= 0.3 is 0 Å². The molecule has 0 radical (unpaired) electrons.